The number of nitrogens with one attached hydrogen (secondary N) is 2. The Morgan fingerprint density at radius 2 is 2.17 bits per heavy atom. The van der Waals surface area contributed by atoms with Gasteiger partial charge in [0.1, 0.15) is 18.2 Å². The van der Waals surface area contributed by atoms with Crippen molar-refractivity contribution in [3.8, 4) is 11.3 Å². The zero-order valence-corrected chi connectivity index (χ0v) is 12.3. The Morgan fingerprint density at radius 1 is 1.39 bits per heavy atom. The van der Waals surface area contributed by atoms with Crippen LogP contribution in [0.4, 0.5) is 10.1 Å². The first-order valence-corrected chi connectivity index (χ1v) is 6.80. The molecule has 118 valence electrons. The lowest BCUT2D eigenvalue weighted by molar-refractivity contribution is 0.102. The molecule has 7 nitrogen and oxygen atoms in total. The van der Waals surface area contributed by atoms with E-state index in [9.17, 15) is 9.18 Å². The quantitative estimate of drug-likeness (QED) is 0.756. The number of aromatic amines is 1. The minimum absolute atomic E-state index is 0.295. The third kappa shape index (κ3) is 3.43. The van der Waals surface area contributed by atoms with Gasteiger partial charge < -0.3 is 10.1 Å². The van der Waals surface area contributed by atoms with Gasteiger partial charge in [-0.3, -0.25) is 9.89 Å². The molecule has 1 aromatic carbocycles. The highest BCUT2D eigenvalue weighted by molar-refractivity contribution is 6.03. The maximum absolute atomic E-state index is 12.9. The minimum Gasteiger partial charge on any atom is -0.362 e. The van der Waals surface area contributed by atoms with Gasteiger partial charge in [-0.15, -0.1) is 0 Å². The van der Waals surface area contributed by atoms with Crippen LogP contribution in [0.2, 0.25) is 0 Å². The second-order valence-electron chi connectivity index (χ2n) is 4.81. The van der Waals surface area contributed by atoms with Crippen LogP contribution in [0, 0.1) is 5.82 Å². The summed E-state index contributed by atoms with van der Waals surface area (Å²) in [5.41, 5.74) is 2.12. The van der Waals surface area contributed by atoms with Crippen LogP contribution in [0.1, 0.15) is 10.5 Å². The van der Waals surface area contributed by atoms with E-state index >= 15 is 0 Å². The molecule has 2 aromatic heterocycles. The molecule has 0 aliphatic rings. The van der Waals surface area contributed by atoms with Crippen LogP contribution < -0.4 is 5.32 Å². The van der Waals surface area contributed by atoms with Crippen molar-refractivity contribution < 1.29 is 13.9 Å². The Balaban J connectivity index is 1.71. The van der Waals surface area contributed by atoms with Gasteiger partial charge in [0.05, 0.1) is 23.8 Å². The standard InChI is InChI=1S/C15H14FN5O2/c1-23-9-21-8-12(7-17-21)18-15(22)14-6-13(19-20-14)10-2-4-11(16)5-3-10/h2-8H,9H2,1H3,(H,18,22)(H,19,20). The highest BCUT2D eigenvalue weighted by atomic mass is 19.1. The summed E-state index contributed by atoms with van der Waals surface area (Å²) >= 11 is 0. The number of amides is 1. The van der Waals surface area contributed by atoms with Crippen LogP contribution in [0.3, 0.4) is 0 Å². The smallest absolute Gasteiger partial charge is 0.273 e. The first-order valence-electron chi connectivity index (χ1n) is 6.80. The van der Waals surface area contributed by atoms with Crippen molar-refractivity contribution >= 4 is 11.6 Å². The van der Waals surface area contributed by atoms with E-state index < -0.39 is 0 Å². The molecular formula is C15H14FN5O2. The van der Waals surface area contributed by atoms with E-state index in [4.69, 9.17) is 4.74 Å². The molecule has 1 amide bonds. The average Bonchev–Trinajstić information content (AvgIpc) is 3.18. The molecule has 0 bridgehead atoms. The number of methoxy groups -OCH3 is 1. The molecule has 3 aromatic rings. The monoisotopic (exact) mass is 315 g/mol. The van der Waals surface area contributed by atoms with E-state index in [1.54, 1.807) is 36.2 Å². The molecule has 23 heavy (non-hydrogen) atoms. The SMILES string of the molecule is COCn1cc(NC(=O)c2cc(-c3ccc(F)cc3)n[nH]2)cn1. The van der Waals surface area contributed by atoms with E-state index in [2.05, 4.69) is 20.6 Å². The lowest BCUT2D eigenvalue weighted by Gasteiger charge is -1.99. The lowest BCUT2D eigenvalue weighted by atomic mass is 10.1. The number of rotatable bonds is 5. The predicted octanol–water partition coefficient (Wildman–Crippen LogP) is 2.27. The fourth-order valence-corrected chi connectivity index (χ4v) is 2.04. The lowest BCUT2D eigenvalue weighted by Crippen LogP contribution is -2.11. The molecule has 0 atom stereocenters. The third-order valence-corrected chi connectivity index (χ3v) is 3.11. The molecule has 0 unspecified atom stereocenters. The number of ether oxygens (including phenoxy) is 1. The van der Waals surface area contributed by atoms with Gasteiger partial charge in [-0.1, -0.05) is 0 Å². The maximum Gasteiger partial charge on any atom is 0.273 e. The molecule has 0 aliphatic carbocycles. The summed E-state index contributed by atoms with van der Waals surface area (Å²) in [7, 11) is 1.56. The number of aromatic nitrogens is 4. The number of hydrogen-bond acceptors (Lipinski definition) is 4. The summed E-state index contributed by atoms with van der Waals surface area (Å²) in [6, 6.07) is 7.48. The van der Waals surface area contributed by atoms with Crippen molar-refractivity contribution in [2.45, 2.75) is 6.73 Å². The molecule has 0 radical (unpaired) electrons. The van der Waals surface area contributed by atoms with E-state index in [-0.39, 0.29) is 11.7 Å². The van der Waals surface area contributed by atoms with Crippen LogP contribution in [0.5, 0.6) is 0 Å². The molecule has 0 saturated carbocycles. The number of anilines is 1. The Bertz CT molecular complexity index is 809. The minimum atomic E-state index is -0.345. The van der Waals surface area contributed by atoms with Crippen molar-refractivity contribution in [1.29, 1.82) is 0 Å². The van der Waals surface area contributed by atoms with Gasteiger partial charge in [-0.25, -0.2) is 9.07 Å². The fourth-order valence-electron chi connectivity index (χ4n) is 2.04. The summed E-state index contributed by atoms with van der Waals surface area (Å²) in [4.78, 5) is 12.2. The van der Waals surface area contributed by atoms with Crippen LogP contribution in [0.25, 0.3) is 11.3 Å². The number of hydrogen-bond donors (Lipinski definition) is 2. The number of benzene rings is 1. The Hall–Kier alpha value is -3.00. The summed E-state index contributed by atoms with van der Waals surface area (Å²) in [6.45, 7) is 0.300. The normalized spacial score (nSPS) is 10.7. The van der Waals surface area contributed by atoms with Gasteiger partial charge in [0, 0.05) is 12.7 Å². The first-order chi connectivity index (χ1) is 11.2. The molecule has 2 N–H and O–H groups in total. The largest absolute Gasteiger partial charge is 0.362 e. The van der Waals surface area contributed by atoms with Crippen LogP contribution in [-0.4, -0.2) is 33.0 Å². The van der Waals surface area contributed by atoms with E-state index in [0.29, 0.717) is 23.8 Å². The number of carbonyl (C=O) groups is 1. The number of halogens is 1. The van der Waals surface area contributed by atoms with Crippen molar-refractivity contribution in [2.75, 3.05) is 12.4 Å². The first kappa shape index (κ1) is 14.9. The topological polar surface area (TPSA) is 84.8 Å². The van der Waals surface area contributed by atoms with Crippen molar-refractivity contribution in [3.05, 3.63) is 54.2 Å². The van der Waals surface area contributed by atoms with Gasteiger partial charge in [0.25, 0.3) is 5.91 Å². The highest BCUT2D eigenvalue weighted by Gasteiger charge is 2.12. The summed E-state index contributed by atoms with van der Waals surface area (Å²) in [5, 5.41) is 13.5. The van der Waals surface area contributed by atoms with E-state index in [1.165, 1.54) is 18.3 Å². The van der Waals surface area contributed by atoms with Gasteiger partial charge in [0.15, 0.2) is 0 Å². The Labute approximate surface area is 131 Å². The van der Waals surface area contributed by atoms with Crippen LogP contribution in [-0.2, 0) is 11.5 Å². The fraction of sp³-hybridized carbons (Fsp3) is 0.133. The number of carbonyl (C=O) groups excluding carboxylic acids is 1. The number of nitrogens with zero attached hydrogens (tertiary/aromatic N) is 3. The Kier molecular flexibility index (Phi) is 4.15. The Morgan fingerprint density at radius 3 is 2.91 bits per heavy atom. The number of H-pyrrole nitrogens is 1. The summed E-state index contributed by atoms with van der Waals surface area (Å²) in [5.74, 6) is -0.668. The van der Waals surface area contributed by atoms with Crippen molar-refractivity contribution in [2.24, 2.45) is 0 Å². The van der Waals surface area contributed by atoms with Gasteiger partial charge in [-0.05, 0) is 30.3 Å². The highest BCUT2D eigenvalue weighted by Crippen LogP contribution is 2.18. The maximum atomic E-state index is 12.9. The van der Waals surface area contributed by atoms with Crippen LogP contribution >= 0.6 is 0 Å². The summed E-state index contributed by atoms with van der Waals surface area (Å²) in [6.07, 6.45) is 3.17. The summed E-state index contributed by atoms with van der Waals surface area (Å²) < 4.78 is 19.4. The van der Waals surface area contributed by atoms with E-state index in [0.717, 1.165) is 5.56 Å². The van der Waals surface area contributed by atoms with Gasteiger partial charge >= 0.3 is 0 Å². The molecular weight excluding hydrogens is 301 g/mol. The van der Waals surface area contributed by atoms with Crippen molar-refractivity contribution in [3.63, 3.8) is 0 Å². The molecule has 0 spiro atoms. The van der Waals surface area contributed by atoms with E-state index in [1.807, 2.05) is 0 Å². The zero-order valence-electron chi connectivity index (χ0n) is 12.3. The third-order valence-electron chi connectivity index (χ3n) is 3.11. The molecule has 8 heteroatoms. The van der Waals surface area contributed by atoms with Crippen molar-refractivity contribution in [1.82, 2.24) is 20.0 Å². The van der Waals surface area contributed by atoms with Crippen LogP contribution in [0.15, 0.2) is 42.7 Å². The molecule has 3 rings (SSSR count). The average molecular weight is 315 g/mol. The second-order valence-corrected chi connectivity index (χ2v) is 4.81. The molecule has 0 saturated heterocycles. The molecule has 0 fully saturated rings. The van der Waals surface area contributed by atoms with Gasteiger partial charge in [-0.2, -0.15) is 10.2 Å². The second kappa shape index (κ2) is 6.41. The van der Waals surface area contributed by atoms with Gasteiger partial charge in [0.2, 0.25) is 0 Å². The molecule has 2 heterocycles. The molecule has 0 aliphatic heterocycles. The predicted molar refractivity (Wildman–Crippen MR) is 81.2 cm³/mol. The zero-order chi connectivity index (χ0) is 16.2.